The Bertz CT molecular complexity index is 458. The quantitative estimate of drug-likeness (QED) is 0.785. The number of carbonyl (C=O) groups excluding carboxylic acids is 1. The predicted molar refractivity (Wildman–Crippen MR) is 88.6 cm³/mol. The van der Waals surface area contributed by atoms with E-state index in [1.165, 1.54) is 38.5 Å². The first-order valence-electron chi connectivity index (χ1n) is 8.69. The summed E-state index contributed by atoms with van der Waals surface area (Å²) in [5.41, 5.74) is 0. The zero-order chi connectivity index (χ0) is 16.0. The summed E-state index contributed by atoms with van der Waals surface area (Å²) in [6.45, 7) is 2.50. The number of carbonyl (C=O) groups is 1. The number of hydrogen-bond acceptors (Lipinski definition) is 3. The minimum Gasteiger partial charge on any atom is -0.338 e. The molecule has 1 saturated heterocycles. The third kappa shape index (κ3) is 6.15. The highest BCUT2D eigenvalue weighted by molar-refractivity contribution is 7.91. The summed E-state index contributed by atoms with van der Waals surface area (Å²) in [7, 11) is -2.86. The average molecular weight is 330 g/mol. The van der Waals surface area contributed by atoms with Crippen LogP contribution in [0.3, 0.4) is 0 Å². The zero-order valence-corrected chi connectivity index (χ0v) is 14.5. The molecule has 1 saturated carbocycles. The van der Waals surface area contributed by atoms with Gasteiger partial charge in [-0.1, -0.05) is 32.1 Å². The molecule has 2 amide bonds. The van der Waals surface area contributed by atoms with E-state index in [1.807, 2.05) is 6.92 Å². The second-order valence-electron chi connectivity index (χ2n) is 7.11. The van der Waals surface area contributed by atoms with Crippen molar-refractivity contribution in [1.29, 1.82) is 0 Å². The molecule has 0 aromatic carbocycles. The molecule has 2 rings (SSSR count). The van der Waals surface area contributed by atoms with Gasteiger partial charge in [-0.25, -0.2) is 13.2 Å². The molecule has 0 radical (unpaired) electrons. The molecular formula is C16H30N2O3S. The van der Waals surface area contributed by atoms with Gasteiger partial charge in [0.2, 0.25) is 0 Å². The van der Waals surface area contributed by atoms with E-state index in [-0.39, 0.29) is 29.5 Å². The van der Waals surface area contributed by atoms with Crippen LogP contribution in [-0.4, -0.2) is 38.5 Å². The number of sulfone groups is 1. The van der Waals surface area contributed by atoms with Gasteiger partial charge in [0, 0.05) is 12.6 Å². The summed E-state index contributed by atoms with van der Waals surface area (Å²) in [6, 6.07) is 0.00896. The van der Waals surface area contributed by atoms with Gasteiger partial charge in [0.25, 0.3) is 0 Å². The lowest BCUT2D eigenvalue weighted by Crippen LogP contribution is -2.42. The van der Waals surface area contributed by atoms with Crippen molar-refractivity contribution in [2.45, 2.75) is 64.3 Å². The third-order valence-corrected chi connectivity index (χ3v) is 6.83. The Morgan fingerprint density at radius 1 is 1.14 bits per heavy atom. The van der Waals surface area contributed by atoms with E-state index >= 15 is 0 Å². The maximum atomic E-state index is 11.9. The van der Waals surface area contributed by atoms with E-state index in [0.29, 0.717) is 13.0 Å². The molecule has 0 bridgehead atoms. The first-order valence-corrected chi connectivity index (χ1v) is 10.5. The molecule has 2 unspecified atom stereocenters. The second kappa shape index (κ2) is 8.18. The van der Waals surface area contributed by atoms with Crippen molar-refractivity contribution in [3.8, 4) is 0 Å². The summed E-state index contributed by atoms with van der Waals surface area (Å²) in [6.07, 6.45) is 9.67. The van der Waals surface area contributed by atoms with Crippen molar-refractivity contribution >= 4 is 15.9 Å². The van der Waals surface area contributed by atoms with E-state index < -0.39 is 9.84 Å². The number of nitrogens with one attached hydrogen (secondary N) is 2. The number of hydrogen-bond donors (Lipinski definition) is 2. The van der Waals surface area contributed by atoms with Crippen LogP contribution in [0.5, 0.6) is 0 Å². The molecule has 0 aromatic heterocycles. The SMILES string of the molecule is CC(CCC1CCCCC1)NC(=O)NCC1CCS(=O)(=O)C1. The van der Waals surface area contributed by atoms with E-state index in [1.54, 1.807) is 0 Å². The summed E-state index contributed by atoms with van der Waals surface area (Å²) in [5, 5.41) is 5.78. The average Bonchev–Trinajstić information content (AvgIpc) is 2.83. The second-order valence-corrected chi connectivity index (χ2v) is 9.33. The Kier molecular flexibility index (Phi) is 6.53. The van der Waals surface area contributed by atoms with Gasteiger partial charge in [0.1, 0.15) is 0 Å². The molecule has 1 heterocycles. The lowest BCUT2D eigenvalue weighted by Gasteiger charge is -2.23. The topological polar surface area (TPSA) is 75.3 Å². The third-order valence-electron chi connectivity index (χ3n) is 4.99. The Morgan fingerprint density at radius 2 is 1.86 bits per heavy atom. The van der Waals surface area contributed by atoms with Gasteiger partial charge in [-0.15, -0.1) is 0 Å². The largest absolute Gasteiger partial charge is 0.338 e. The number of amides is 2. The lowest BCUT2D eigenvalue weighted by atomic mass is 9.85. The van der Waals surface area contributed by atoms with Crippen LogP contribution in [0.4, 0.5) is 4.79 Å². The molecule has 2 aliphatic rings. The van der Waals surface area contributed by atoms with Crippen molar-refractivity contribution in [3.63, 3.8) is 0 Å². The molecule has 6 heteroatoms. The van der Waals surface area contributed by atoms with Gasteiger partial charge in [0.15, 0.2) is 9.84 Å². The minimum atomic E-state index is -2.86. The molecule has 1 aliphatic carbocycles. The normalized spacial score (nSPS) is 26.5. The molecule has 22 heavy (non-hydrogen) atoms. The molecular weight excluding hydrogens is 300 g/mol. The van der Waals surface area contributed by atoms with Crippen LogP contribution < -0.4 is 10.6 Å². The summed E-state index contributed by atoms with van der Waals surface area (Å²) in [5.74, 6) is 1.39. The highest BCUT2D eigenvalue weighted by atomic mass is 32.2. The Balaban J connectivity index is 1.57. The Labute approximate surface area is 134 Å². The minimum absolute atomic E-state index is 0.0771. The smallest absolute Gasteiger partial charge is 0.315 e. The summed E-state index contributed by atoms with van der Waals surface area (Å²) >= 11 is 0. The van der Waals surface area contributed by atoms with Gasteiger partial charge in [-0.2, -0.15) is 0 Å². The van der Waals surface area contributed by atoms with E-state index in [2.05, 4.69) is 10.6 Å². The fourth-order valence-electron chi connectivity index (χ4n) is 3.58. The van der Waals surface area contributed by atoms with Crippen LogP contribution >= 0.6 is 0 Å². The van der Waals surface area contributed by atoms with Crippen LogP contribution in [0.1, 0.15) is 58.3 Å². The Morgan fingerprint density at radius 3 is 2.50 bits per heavy atom. The molecule has 2 atom stereocenters. The molecule has 0 spiro atoms. The highest BCUT2D eigenvalue weighted by Gasteiger charge is 2.28. The van der Waals surface area contributed by atoms with Crippen LogP contribution in [0.2, 0.25) is 0 Å². The first-order chi connectivity index (χ1) is 10.4. The summed E-state index contributed by atoms with van der Waals surface area (Å²) in [4.78, 5) is 11.9. The van der Waals surface area contributed by atoms with Crippen LogP contribution in [-0.2, 0) is 9.84 Å². The van der Waals surface area contributed by atoms with Crippen molar-refractivity contribution in [3.05, 3.63) is 0 Å². The van der Waals surface area contributed by atoms with Crippen LogP contribution in [0.15, 0.2) is 0 Å². The van der Waals surface area contributed by atoms with Crippen molar-refractivity contribution < 1.29 is 13.2 Å². The molecule has 1 aliphatic heterocycles. The predicted octanol–water partition coefficient (Wildman–Crippen LogP) is 2.47. The molecule has 2 N–H and O–H groups in total. The van der Waals surface area contributed by atoms with Crippen LogP contribution in [0.25, 0.3) is 0 Å². The van der Waals surface area contributed by atoms with Crippen molar-refractivity contribution in [1.82, 2.24) is 10.6 Å². The highest BCUT2D eigenvalue weighted by Crippen LogP contribution is 2.27. The Hall–Kier alpha value is -0.780. The molecule has 128 valence electrons. The number of rotatable bonds is 6. The van der Waals surface area contributed by atoms with Gasteiger partial charge in [-0.3, -0.25) is 0 Å². The fraction of sp³-hybridized carbons (Fsp3) is 0.938. The first kappa shape index (κ1) is 17.6. The molecule has 0 aromatic rings. The van der Waals surface area contributed by atoms with E-state index in [0.717, 1.165) is 12.3 Å². The lowest BCUT2D eigenvalue weighted by molar-refractivity contribution is 0.234. The van der Waals surface area contributed by atoms with Gasteiger partial charge < -0.3 is 10.6 Å². The maximum absolute atomic E-state index is 11.9. The van der Waals surface area contributed by atoms with Crippen LogP contribution in [0, 0.1) is 11.8 Å². The van der Waals surface area contributed by atoms with Gasteiger partial charge >= 0.3 is 6.03 Å². The maximum Gasteiger partial charge on any atom is 0.315 e. The molecule has 5 nitrogen and oxygen atoms in total. The monoisotopic (exact) mass is 330 g/mol. The van der Waals surface area contributed by atoms with Crippen molar-refractivity contribution in [2.75, 3.05) is 18.1 Å². The number of urea groups is 1. The van der Waals surface area contributed by atoms with Gasteiger partial charge in [-0.05, 0) is 38.0 Å². The standard InChI is InChI=1S/C16H30N2O3S/c1-13(7-8-14-5-3-2-4-6-14)18-16(19)17-11-15-9-10-22(20,21)12-15/h13-15H,2-12H2,1H3,(H2,17,18,19). The summed E-state index contributed by atoms with van der Waals surface area (Å²) < 4.78 is 22.7. The molecule has 2 fully saturated rings. The van der Waals surface area contributed by atoms with Crippen molar-refractivity contribution in [2.24, 2.45) is 11.8 Å². The zero-order valence-electron chi connectivity index (χ0n) is 13.6. The van der Waals surface area contributed by atoms with E-state index in [9.17, 15) is 13.2 Å². The fourth-order valence-corrected chi connectivity index (χ4v) is 5.44. The van der Waals surface area contributed by atoms with E-state index in [4.69, 9.17) is 0 Å². The van der Waals surface area contributed by atoms with Gasteiger partial charge in [0.05, 0.1) is 11.5 Å².